The third-order valence-electron chi connectivity index (χ3n) is 5.53. The summed E-state index contributed by atoms with van der Waals surface area (Å²) in [5.41, 5.74) is 6.56. The molecule has 0 spiro atoms. The fourth-order valence-corrected chi connectivity index (χ4v) is 4.10. The van der Waals surface area contributed by atoms with Crippen LogP contribution in [-0.4, -0.2) is 18.5 Å². The van der Waals surface area contributed by atoms with Crippen molar-refractivity contribution in [3.05, 3.63) is 0 Å². The lowest BCUT2D eigenvalue weighted by molar-refractivity contribution is -0.127. The number of carbonyl (C=O) groups is 1. The molecule has 4 atom stereocenters. The quantitative estimate of drug-likeness (QED) is 0.783. The maximum atomic E-state index is 12.2. The van der Waals surface area contributed by atoms with Crippen LogP contribution in [0.3, 0.4) is 0 Å². The Hall–Kier alpha value is -0.570. The molecule has 3 aliphatic carbocycles. The van der Waals surface area contributed by atoms with Crippen molar-refractivity contribution < 1.29 is 4.79 Å². The van der Waals surface area contributed by atoms with Crippen LogP contribution in [0.15, 0.2) is 0 Å². The van der Waals surface area contributed by atoms with Crippen LogP contribution in [0, 0.1) is 23.2 Å². The molecule has 96 valence electrons. The molecule has 3 rings (SSSR count). The lowest BCUT2D eigenvalue weighted by atomic mass is 9.70. The normalized spacial score (nSPS) is 42.2. The van der Waals surface area contributed by atoms with Gasteiger partial charge in [-0.05, 0) is 49.4 Å². The SMILES string of the molecule is CC1(CNC(=O)C2C3CCC(C3)C2N)CCC1. The summed E-state index contributed by atoms with van der Waals surface area (Å²) in [6.07, 6.45) is 7.49. The molecule has 3 aliphatic rings. The van der Waals surface area contributed by atoms with E-state index in [0.717, 1.165) is 6.54 Å². The van der Waals surface area contributed by atoms with Gasteiger partial charge in [-0.2, -0.15) is 0 Å². The average Bonchev–Trinajstić information content (AvgIpc) is 2.83. The Bertz CT molecular complexity index is 322. The average molecular weight is 236 g/mol. The molecule has 0 heterocycles. The Balaban J connectivity index is 1.56. The summed E-state index contributed by atoms with van der Waals surface area (Å²) in [4.78, 5) is 12.2. The van der Waals surface area contributed by atoms with Gasteiger partial charge < -0.3 is 11.1 Å². The van der Waals surface area contributed by atoms with E-state index in [1.165, 1.54) is 38.5 Å². The highest BCUT2D eigenvalue weighted by atomic mass is 16.1. The Morgan fingerprint density at radius 3 is 2.59 bits per heavy atom. The summed E-state index contributed by atoms with van der Waals surface area (Å²) < 4.78 is 0. The number of amides is 1. The standard InChI is InChI=1S/C14H24N2O/c1-14(5-2-6-14)8-16-13(17)11-9-3-4-10(7-9)12(11)15/h9-12H,2-8,15H2,1H3,(H,16,17). The minimum Gasteiger partial charge on any atom is -0.355 e. The molecule has 1 amide bonds. The van der Waals surface area contributed by atoms with Crippen LogP contribution in [0.4, 0.5) is 0 Å². The van der Waals surface area contributed by atoms with Crippen molar-refractivity contribution in [1.82, 2.24) is 5.32 Å². The van der Waals surface area contributed by atoms with Gasteiger partial charge in [0.15, 0.2) is 0 Å². The van der Waals surface area contributed by atoms with Crippen LogP contribution in [0.2, 0.25) is 0 Å². The molecule has 3 nitrogen and oxygen atoms in total. The van der Waals surface area contributed by atoms with Crippen molar-refractivity contribution in [1.29, 1.82) is 0 Å². The van der Waals surface area contributed by atoms with Crippen LogP contribution in [0.5, 0.6) is 0 Å². The highest BCUT2D eigenvalue weighted by Gasteiger charge is 2.49. The first-order valence-corrected chi connectivity index (χ1v) is 7.12. The fourth-order valence-electron chi connectivity index (χ4n) is 4.10. The minimum absolute atomic E-state index is 0.109. The summed E-state index contributed by atoms with van der Waals surface area (Å²) >= 11 is 0. The second kappa shape index (κ2) is 3.98. The van der Waals surface area contributed by atoms with E-state index >= 15 is 0 Å². The second-order valence-electron chi connectivity index (χ2n) is 6.82. The lowest BCUT2D eigenvalue weighted by Crippen LogP contribution is -2.48. The molecule has 0 aromatic rings. The Labute approximate surface area is 104 Å². The van der Waals surface area contributed by atoms with Gasteiger partial charge in [-0.1, -0.05) is 13.3 Å². The van der Waals surface area contributed by atoms with E-state index in [2.05, 4.69) is 12.2 Å². The van der Waals surface area contributed by atoms with Crippen LogP contribution >= 0.6 is 0 Å². The zero-order chi connectivity index (χ0) is 12.0. The summed E-state index contributed by atoms with van der Waals surface area (Å²) in [6.45, 7) is 3.13. The number of nitrogens with one attached hydrogen (secondary N) is 1. The molecule has 0 aromatic carbocycles. The largest absolute Gasteiger partial charge is 0.355 e. The van der Waals surface area contributed by atoms with Crippen molar-refractivity contribution >= 4 is 5.91 Å². The van der Waals surface area contributed by atoms with E-state index in [-0.39, 0.29) is 17.9 Å². The Kier molecular flexibility index (Phi) is 2.69. The van der Waals surface area contributed by atoms with E-state index in [1.807, 2.05) is 0 Å². The monoisotopic (exact) mass is 236 g/mol. The van der Waals surface area contributed by atoms with Gasteiger partial charge in [0, 0.05) is 12.6 Å². The van der Waals surface area contributed by atoms with Crippen LogP contribution in [0.1, 0.15) is 45.4 Å². The molecule has 0 aromatic heterocycles. The van der Waals surface area contributed by atoms with Crippen molar-refractivity contribution in [3.8, 4) is 0 Å². The van der Waals surface area contributed by atoms with Crippen LogP contribution in [0.25, 0.3) is 0 Å². The van der Waals surface area contributed by atoms with Crippen molar-refractivity contribution in [3.63, 3.8) is 0 Å². The number of fused-ring (bicyclic) bond motifs is 2. The minimum atomic E-state index is 0.109. The zero-order valence-electron chi connectivity index (χ0n) is 10.7. The molecular weight excluding hydrogens is 212 g/mol. The van der Waals surface area contributed by atoms with Gasteiger partial charge in [-0.25, -0.2) is 0 Å². The summed E-state index contributed by atoms with van der Waals surface area (Å²) in [6, 6.07) is 0.128. The number of carbonyl (C=O) groups excluding carboxylic acids is 1. The molecule has 4 unspecified atom stereocenters. The smallest absolute Gasteiger partial charge is 0.224 e. The highest BCUT2D eigenvalue weighted by Crippen LogP contribution is 2.47. The molecule has 2 bridgehead atoms. The first-order chi connectivity index (χ1) is 8.09. The van der Waals surface area contributed by atoms with E-state index in [0.29, 0.717) is 17.3 Å². The van der Waals surface area contributed by atoms with Crippen LogP contribution in [-0.2, 0) is 4.79 Å². The van der Waals surface area contributed by atoms with Crippen molar-refractivity contribution in [2.75, 3.05) is 6.54 Å². The highest BCUT2D eigenvalue weighted by molar-refractivity contribution is 5.80. The maximum Gasteiger partial charge on any atom is 0.224 e. The molecule has 3 saturated carbocycles. The number of rotatable bonds is 3. The zero-order valence-corrected chi connectivity index (χ0v) is 10.7. The molecular formula is C14H24N2O. The summed E-state index contributed by atoms with van der Waals surface area (Å²) in [5, 5.41) is 3.16. The van der Waals surface area contributed by atoms with Gasteiger partial charge in [0.2, 0.25) is 5.91 Å². The summed E-state index contributed by atoms with van der Waals surface area (Å²) in [5.74, 6) is 1.54. The van der Waals surface area contributed by atoms with Gasteiger partial charge >= 0.3 is 0 Å². The molecule has 3 N–H and O–H groups in total. The number of nitrogens with two attached hydrogens (primary N) is 1. The van der Waals surface area contributed by atoms with Crippen molar-refractivity contribution in [2.45, 2.75) is 51.5 Å². The third kappa shape index (κ3) is 1.88. The Morgan fingerprint density at radius 1 is 1.35 bits per heavy atom. The molecule has 3 heteroatoms. The fraction of sp³-hybridized carbons (Fsp3) is 0.929. The molecule has 0 saturated heterocycles. The molecule has 17 heavy (non-hydrogen) atoms. The van der Waals surface area contributed by atoms with E-state index in [1.54, 1.807) is 0 Å². The van der Waals surface area contributed by atoms with E-state index in [4.69, 9.17) is 5.73 Å². The topological polar surface area (TPSA) is 55.1 Å². The van der Waals surface area contributed by atoms with Gasteiger partial charge in [0.05, 0.1) is 5.92 Å². The second-order valence-corrected chi connectivity index (χ2v) is 6.82. The van der Waals surface area contributed by atoms with E-state index in [9.17, 15) is 4.79 Å². The van der Waals surface area contributed by atoms with Gasteiger partial charge in [0.25, 0.3) is 0 Å². The Morgan fingerprint density at radius 2 is 2.06 bits per heavy atom. The molecule has 0 radical (unpaired) electrons. The van der Waals surface area contributed by atoms with Gasteiger partial charge in [-0.15, -0.1) is 0 Å². The maximum absolute atomic E-state index is 12.2. The first kappa shape index (κ1) is 11.5. The summed E-state index contributed by atoms with van der Waals surface area (Å²) in [7, 11) is 0. The van der Waals surface area contributed by atoms with Crippen LogP contribution < -0.4 is 11.1 Å². The third-order valence-corrected chi connectivity index (χ3v) is 5.53. The molecule has 0 aliphatic heterocycles. The molecule has 3 fully saturated rings. The lowest BCUT2D eigenvalue weighted by Gasteiger charge is -2.39. The predicted octanol–water partition coefficient (Wildman–Crippen LogP) is 1.67. The predicted molar refractivity (Wildman–Crippen MR) is 67.3 cm³/mol. The van der Waals surface area contributed by atoms with E-state index < -0.39 is 0 Å². The van der Waals surface area contributed by atoms with Gasteiger partial charge in [-0.3, -0.25) is 4.79 Å². The van der Waals surface area contributed by atoms with Gasteiger partial charge in [0.1, 0.15) is 0 Å². The first-order valence-electron chi connectivity index (χ1n) is 7.12. The number of hydrogen-bond donors (Lipinski definition) is 2. The van der Waals surface area contributed by atoms with Crippen molar-refractivity contribution in [2.24, 2.45) is 28.9 Å². The number of hydrogen-bond acceptors (Lipinski definition) is 2.